The molecule has 4 rings (SSSR count). The molecule has 1 aliphatic rings. The molecule has 7 nitrogen and oxygen atoms in total. The van der Waals surface area contributed by atoms with E-state index >= 15 is 0 Å². The Morgan fingerprint density at radius 3 is 2.77 bits per heavy atom. The highest BCUT2D eigenvalue weighted by atomic mass is 16.5. The summed E-state index contributed by atoms with van der Waals surface area (Å²) >= 11 is 0. The fraction of sp³-hybridized carbons (Fsp3) is 0.261. The number of benzene rings is 2. The average Bonchev–Trinajstić information content (AvgIpc) is 3.31. The zero-order chi connectivity index (χ0) is 20.6. The topological polar surface area (TPSA) is 74.7 Å². The SMILES string of the molecule is COc1cccc(-c2cccc(Nc3nccc(NCCCN4CC=NC4)n3)c2)c1. The van der Waals surface area contributed by atoms with Gasteiger partial charge < -0.3 is 15.4 Å². The third-order valence-electron chi connectivity index (χ3n) is 4.89. The summed E-state index contributed by atoms with van der Waals surface area (Å²) < 4.78 is 5.33. The molecule has 3 aromatic rings. The van der Waals surface area contributed by atoms with Crippen LogP contribution in [-0.2, 0) is 0 Å². The summed E-state index contributed by atoms with van der Waals surface area (Å²) in [6, 6.07) is 18.1. The molecule has 7 heteroatoms. The van der Waals surface area contributed by atoms with E-state index in [1.54, 1.807) is 13.3 Å². The maximum Gasteiger partial charge on any atom is 0.229 e. The number of methoxy groups -OCH3 is 1. The molecular weight excluding hydrogens is 376 g/mol. The van der Waals surface area contributed by atoms with Gasteiger partial charge in [-0.25, -0.2) is 4.98 Å². The molecule has 0 bridgehead atoms. The van der Waals surface area contributed by atoms with E-state index in [1.807, 2.05) is 42.6 Å². The van der Waals surface area contributed by atoms with Gasteiger partial charge in [-0.3, -0.25) is 9.89 Å². The van der Waals surface area contributed by atoms with Crippen molar-refractivity contribution in [2.75, 3.05) is 44.0 Å². The number of ether oxygens (including phenoxy) is 1. The van der Waals surface area contributed by atoms with Crippen molar-refractivity contribution in [1.82, 2.24) is 14.9 Å². The van der Waals surface area contributed by atoms with Crippen molar-refractivity contribution in [3.63, 3.8) is 0 Å². The Balaban J connectivity index is 1.36. The van der Waals surface area contributed by atoms with Gasteiger partial charge in [0.05, 0.1) is 13.8 Å². The summed E-state index contributed by atoms with van der Waals surface area (Å²) in [5, 5.41) is 6.67. The van der Waals surface area contributed by atoms with Crippen LogP contribution in [0, 0.1) is 0 Å². The fourth-order valence-corrected chi connectivity index (χ4v) is 3.31. The summed E-state index contributed by atoms with van der Waals surface area (Å²) in [6.07, 6.45) is 4.77. The molecule has 1 aromatic heterocycles. The maximum atomic E-state index is 5.33. The number of rotatable bonds is 9. The molecule has 0 atom stereocenters. The van der Waals surface area contributed by atoms with Crippen LogP contribution in [0.2, 0.25) is 0 Å². The average molecular weight is 403 g/mol. The Hall–Kier alpha value is -3.45. The molecule has 1 aliphatic heterocycles. The second-order valence-electron chi connectivity index (χ2n) is 7.07. The van der Waals surface area contributed by atoms with Crippen molar-refractivity contribution in [2.24, 2.45) is 4.99 Å². The van der Waals surface area contributed by atoms with Gasteiger partial charge in [-0.05, 0) is 47.9 Å². The van der Waals surface area contributed by atoms with Crippen LogP contribution in [0.15, 0.2) is 65.8 Å². The van der Waals surface area contributed by atoms with Crippen LogP contribution in [-0.4, -0.2) is 54.5 Å². The first-order valence-corrected chi connectivity index (χ1v) is 10.1. The van der Waals surface area contributed by atoms with Crippen LogP contribution in [0.4, 0.5) is 17.5 Å². The van der Waals surface area contributed by atoms with Crippen LogP contribution in [0.5, 0.6) is 5.75 Å². The molecule has 2 heterocycles. The Kier molecular flexibility index (Phi) is 6.51. The quantitative estimate of drug-likeness (QED) is 0.526. The van der Waals surface area contributed by atoms with Crippen molar-refractivity contribution in [2.45, 2.75) is 6.42 Å². The van der Waals surface area contributed by atoms with Crippen molar-refractivity contribution >= 4 is 23.7 Å². The van der Waals surface area contributed by atoms with Gasteiger partial charge in [0.1, 0.15) is 11.6 Å². The van der Waals surface area contributed by atoms with Gasteiger partial charge in [-0.2, -0.15) is 4.98 Å². The third kappa shape index (κ3) is 5.33. The minimum atomic E-state index is 0.565. The number of nitrogens with zero attached hydrogens (tertiary/aromatic N) is 4. The molecular formula is C23H26N6O. The van der Waals surface area contributed by atoms with E-state index in [9.17, 15) is 0 Å². The molecule has 0 saturated carbocycles. The summed E-state index contributed by atoms with van der Waals surface area (Å²) in [5.74, 6) is 2.22. The van der Waals surface area contributed by atoms with E-state index in [2.05, 4.69) is 48.7 Å². The molecule has 0 unspecified atom stereocenters. The van der Waals surface area contributed by atoms with Gasteiger partial charge in [0, 0.05) is 37.7 Å². The summed E-state index contributed by atoms with van der Waals surface area (Å²) in [5.41, 5.74) is 3.12. The fourth-order valence-electron chi connectivity index (χ4n) is 3.31. The smallest absolute Gasteiger partial charge is 0.229 e. The van der Waals surface area contributed by atoms with Gasteiger partial charge in [-0.1, -0.05) is 24.3 Å². The highest BCUT2D eigenvalue weighted by molar-refractivity contribution is 5.70. The van der Waals surface area contributed by atoms with Crippen molar-refractivity contribution < 1.29 is 4.74 Å². The molecule has 2 N–H and O–H groups in total. The first kappa shape index (κ1) is 19.8. The molecule has 0 radical (unpaired) electrons. The summed E-state index contributed by atoms with van der Waals surface area (Å²) in [6.45, 7) is 3.66. The zero-order valence-electron chi connectivity index (χ0n) is 17.1. The number of aliphatic imine (C=N–C) groups is 1. The minimum Gasteiger partial charge on any atom is -0.497 e. The number of aromatic nitrogens is 2. The highest BCUT2D eigenvalue weighted by Crippen LogP contribution is 2.26. The highest BCUT2D eigenvalue weighted by Gasteiger charge is 2.07. The number of nitrogens with one attached hydrogen (secondary N) is 2. The van der Waals surface area contributed by atoms with E-state index < -0.39 is 0 Å². The third-order valence-corrected chi connectivity index (χ3v) is 4.89. The summed E-state index contributed by atoms with van der Waals surface area (Å²) in [4.78, 5) is 15.5. The molecule has 0 amide bonds. The monoisotopic (exact) mass is 402 g/mol. The normalized spacial score (nSPS) is 13.4. The predicted molar refractivity (Wildman–Crippen MR) is 122 cm³/mol. The van der Waals surface area contributed by atoms with Crippen molar-refractivity contribution in [3.05, 3.63) is 60.8 Å². The molecule has 0 saturated heterocycles. The standard InChI is InChI=1S/C23H26N6O/c1-30-21-8-3-6-19(16-21)18-5-2-7-20(15-18)27-23-26-11-9-22(28-23)25-10-4-13-29-14-12-24-17-29/h2-3,5-9,11-12,15-16H,4,10,13-14,17H2,1H3,(H2,25,26,27,28). The minimum absolute atomic E-state index is 0.565. The Bertz CT molecular complexity index is 998. The first-order chi connectivity index (χ1) is 14.8. The lowest BCUT2D eigenvalue weighted by atomic mass is 10.0. The van der Waals surface area contributed by atoms with Gasteiger partial charge in [0.15, 0.2) is 0 Å². The zero-order valence-corrected chi connectivity index (χ0v) is 17.1. The van der Waals surface area contributed by atoms with E-state index in [0.717, 1.165) is 61.1 Å². The van der Waals surface area contributed by atoms with E-state index in [0.29, 0.717) is 5.95 Å². The van der Waals surface area contributed by atoms with E-state index in [1.165, 1.54) is 0 Å². The van der Waals surface area contributed by atoms with Crippen LogP contribution >= 0.6 is 0 Å². The predicted octanol–water partition coefficient (Wildman–Crippen LogP) is 4.04. The van der Waals surface area contributed by atoms with Crippen molar-refractivity contribution in [1.29, 1.82) is 0 Å². The number of anilines is 3. The van der Waals surface area contributed by atoms with Crippen molar-refractivity contribution in [3.8, 4) is 16.9 Å². The van der Waals surface area contributed by atoms with Crippen LogP contribution in [0.1, 0.15) is 6.42 Å². The lowest BCUT2D eigenvalue weighted by molar-refractivity contribution is 0.341. The van der Waals surface area contributed by atoms with Crippen LogP contribution in [0.3, 0.4) is 0 Å². The van der Waals surface area contributed by atoms with E-state index in [-0.39, 0.29) is 0 Å². The van der Waals surface area contributed by atoms with Gasteiger partial charge in [-0.15, -0.1) is 0 Å². The van der Waals surface area contributed by atoms with Gasteiger partial charge >= 0.3 is 0 Å². The number of hydrogen-bond donors (Lipinski definition) is 2. The lowest BCUT2D eigenvalue weighted by Gasteiger charge is -2.13. The Labute approximate surface area is 176 Å². The molecule has 30 heavy (non-hydrogen) atoms. The van der Waals surface area contributed by atoms with Crippen LogP contribution < -0.4 is 15.4 Å². The molecule has 0 fully saturated rings. The molecule has 0 aliphatic carbocycles. The van der Waals surface area contributed by atoms with Gasteiger partial charge in [0.25, 0.3) is 0 Å². The van der Waals surface area contributed by atoms with Crippen LogP contribution in [0.25, 0.3) is 11.1 Å². The Morgan fingerprint density at radius 1 is 1.07 bits per heavy atom. The molecule has 2 aromatic carbocycles. The lowest BCUT2D eigenvalue weighted by Crippen LogP contribution is -2.23. The van der Waals surface area contributed by atoms with Gasteiger partial charge in [0.2, 0.25) is 5.95 Å². The molecule has 0 spiro atoms. The number of hydrogen-bond acceptors (Lipinski definition) is 7. The Morgan fingerprint density at radius 2 is 1.93 bits per heavy atom. The second-order valence-corrected chi connectivity index (χ2v) is 7.07. The largest absolute Gasteiger partial charge is 0.497 e. The van der Waals surface area contributed by atoms with E-state index in [4.69, 9.17) is 4.74 Å². The first-order valence-electron chi connectivity index (χ1n) is 10.1. The second kappa shape index (κ2) is 9.84. The molecule has 154 valence electrons. The summed E-state index contributed by atoms with van der Waals surface area (Å²) in [7, 11) is 1.68. The maximum absolute atomic E-state index is 5.33.